The number of aromatic nitrogens is 1. The molecule has 1 aromatic heterocycles. The number of amides is 3. The molecule has 15 heteroatoms. The third kappa shape index (κ3) is 9.79. The van der Waals surface area contributed by atoms with Crippen molar-refractivity contribution in [2.24, 2.45) is 11.3 Å². The van der Waals surface area contributed by atoms with Crippen LogP contribution in [0.3, 0.4) is 0 Å². The number of carbonyl (C=O) groups is 3. The molecular weight excluding hydrogens is 873 g/mol. The summed E-state index contributed by atoms with van der Waals surface area (Å²) in [5.74, 6) is 4.63. The summed E-state index contributed by atoms with van der Waals surface area (Å²) in [7, 11) is -3.83. The van der Waals surface area contributed by atoms with Crippen LogP contribution in [0.4, 0.5) is 5.69 Å². The predicted octanol–water partition coefficient (Wildman–Crippen LogP) is 6.18. The summed E-state index contributed by atoms with van der Waals surface area (Å²) < 4.78 is 29.7. The second kappa shape index (κ2) is 19.1. The minimum atomic E-state index is -3.83. The Morgan fingerprint density at radius 3 is 2.39 bits per heavy atom. The minimum absolute atomic E-state index is 0.0334. The number of likely N-dealkylation sites (tertiary alicyclic amines) is 1. The van der Waals surface area contributed by atoms with Crippen LogP contribution in [0.2, 0.25) is 0 Å². The molecular formula is C51H56N6O7S2. The van der Waals surface area contributed by atoms with Gasteiger partial charge in [0.05, 0.1) is 52.2 Å². The molecule has 0 saturated carbocycles. The van der Waals surface area contributed by atoms with Crippen molar-refractivity contribution in [3.8, 4) is 33.4 Å². The quantitative estimate of drug-likeness (QED) is 0.0967. The average Bonchev–Trinajstić information content (AvgIpc) is 4.06. The van der Waals surface area contributed by atoms with Crippen LogP contribution in [-0.4, -0.2) is 94.5 Å². The van der Waals surface area contributed by atoms with E-state index in [0.717, 1.165) is 49.6 Å². The van der Waals surface area contributed by atoms with Gasteiger partial charge in [-0.25, -0.2) is 13.4 Å². The van der Waals surface area contributed by atoms with E-state index in [0.29, 0.717) is 18.5 Å². The summed E-state index contributed by atoms with van der Waals surface area (Å²) in [6.07, 6.45) is -0.400. The standard InChI is InChI=1S/C51H56N6O7S2/c1-31-12-19-39(20-13-31)66(63,64)57-23-22-40-43(29-58)54-42-21-18-37(25-41(42)46(40)57)36-10-6-8-33(24-36)9-7-11-45(60)55-48(51(3,4)5)50(62)56-28-38(59)26-44(56)49(61)52-27-34-14-16-35(17-15-34)47-32(2)53-30-65-47/h6,8,10,12-21,24-25,30,38,40,43-44,46,48,54,58-59H,11,22-23,26-29H2,1-5H3,(H,52,61)(H,55,60)/t38-,40-,43+,44+,46-,48-/m1/s1. The van der Waals surface area contributed by atoms with Gasteiger partial charge in [-0.1, -0.05) is 92.8 Å². The first kappa shape index (κ1) is 46.6. The summed E-state index contributed by atoms with van der Waals surface area (Å²) in [5, 5.41) is 30.2. The minimum Gasteiger partial charge on any atom is -0.394 e. The highest BCUT2D eigenvalue weighted by Crippen LogP contribution is 2.49. The van der Waals surface area contributed by atoms with E-state index in [-0.39, 0.29) is 55.3 Å². The smallest absolute Gasteiger partial charge is 0.246 e. The highest BCUT2D eigenvalue weighted by Gasteiger charge is 2.49. The first-order chi connectivity index (χ1) is 31.5. The van der Waals surface area contributed by atoms with Crippen LogP contribution in [-0.2, 0) is 31.0 Å². The molecule has 8 rings (SSSR count). The maximum absolute atomic E-state index is 14.2. The molecule has 0 unspecified atom stereocenters. The van der Waals surface area contributed by atoms with E-state index in [4.69, 9.17) is 0 Å². The Morgan fingerprint density at radius 1 is 0.970 bits per heavy atom. The van der Waals surface area contributed by atoms with Crippen LogP contribution in [0, 0.1) is 37.0 Å². The molecule has 66 heavy (non-hydrogen) atoms. The highest BCUT2D eigenvalue weighted by atomic mass is 32.2. The molecule has 13 nitrogen and oxygen atoms in total. The molecule has 2 saturated heterocycles. The van der Waals surface area contributed by atoms with Crippen LogP contribution >= 0.6 is 11.3 Å². The Balaban J connectivity index is 0.929. The number of benzene rings is 4. The van der Waals surface area contributed by atoms with Crippen molar-refractivity contribution >= 4 is 44.8 Å². The molecule has 3 aliphatic heterocycles. The second-order valence-electron chi connectivity index (χ2n) is 18.6. The first-order valence-corrected chi connectivity index (χ1v) is 24.6. The number of aryl methyl sites for hydroxylation is 2. The van der Waals surface area contributed by atoms with Crippen molar-refractivity contribution in [3.63, 3.8) is 0 Å². The zero-order chi connectivity index (χ0) is 46.9. The van der Waals surface area contributed by atoms with Gasteiger partial charge in [-0.2, -0.15) is 4.31 Å². The molecule has 0 bridgehead atoms. The molecule has 344 valence electrons. The number of anilines is 1. The largest absolute Gasteiger partial charge is 0.394 e. The number of fused-ring (bicyclic) bond motifs is 3. The Kier molecular flexibility index (Phi) is 13.5. The number of aliphatic hydroxyl groups is 2. The number of hydrogen-bond acceptors (Lipinski definition) is 10. The Morgan fingerprint density at radius 2 is 1.70 bits per heavy atom. The predicted molar refractivity (Wildman–Crippen MR) is 255 cm³/mol. The van der Waals surface area contributed by atoms with E-state index in [2.05, 4.69) is 32.8 Å². The maximum atomic E-state index is 14.2. The van der Waals surface area contributed by atoms with Gasteiger partial charge in [0.2, 0.25) is 27.7 Å². The van der Waals surface area contributed by atoms with Gasteiger partial charge in [0.15, 0.2) is 0 Å². The Labute approximate surface area is 390 Å². The van der Waals surface area contributed by atoms with Crippen molar-refractivity contribution < 1.29 is 33.0 Å². The van der Waals surface area contributed by atoms with Gasteiger partial charge in [0.25, 0.3) is 0 Å². The zero-order valence-electron chi connectivity index (χ0n) is 37.7. The number of hydrogen-bond donors (Lipinski definition) is 5. The van der Waals surface area contributed by atoms with Gasteiger partial charge in [-0.3, -0.25) is 14.4 Å². The third-order valence-corrected chi connectivity index (χ3v) is 15.7. The lowest BCUT2D eigenvalue weighted by atomic mass is 9.82. The molecule has 5 N–H and O–H groups in total. The summed E-state index contributed by atoms with van der Waals surface area (Å²) >= 11 is 1.57. The lowest BCUT2D eigenvalue weighted by molar-refractivity contribution is -0.143. The number of sulfonamides is 1. The normalized spacial score (nSPS) is 20.9. The van der Waals surface area contributed by atoms with Gasteiger partial charge in [-0.05, 0) is 89.9 Å². The summed E-state index contributed by atoms with van der Waals surface area (Å²) in [6, 6.07) is 25.5. The molecule has 0 radical (unpaired) electrons. The van der Waals surface area contributed by atoms with Crippen molar-refractivity contribution in [2.75, 3.05) is 25.0 Å². The molecule has 3 amide bonds. The number of thiazole rings is 1. The number of carbonyl (C=O) groups excluding carboxylic acids is 3. The van der Waals surface area contributed by atoms with Crippen molar-refractivity contribution in [2.45, 2.75) is 95.6 Å². The highest BCUT2D eigenvalue weighted by molar-refractivity contribution is 7.89. The molecule has 2 fully saturated rings. The van der Waals surface area contributed by atoms with E-state index < -0.39 is 51.5 Å². The number of nitrogens with zero attached hydrogens (tertiary/aromatic N) is 3. The molecule has 4 heterocycles. The van der Waals surface area contributed by atoms with Crippen molar-refractivity contribution in [1.82, 2.24) is 24.8 Å². The molecule has 3 aliphatic rings. The summed E-state index contributed by atoms with van der Waals surface area (Å²) in [5.41, 5.74) is 8.92. The topological polar surface area (TPSA) is 181 Å². The summed E-state index contributed by atoms with van der Waals surface area (Å²) in [6.45, 7) is 9.80. The van der Waals surface area contributed by atoms with E-state index in [1.807, 2.05) is 107 Å². The maximum Gasteiger partial charge on any atom is 0.246 e. The Bertz CT molecular complexity index is 2790. The molecule has 4 aromatic carbocycles. The van der Waals surface area contributed by atoms with E-state index in [1.165, 1.54) is 4.90 Å². The van der Waals surface area contributed by atoms with Gasteiger partial charge in [-0.15, -0.1) is 11.3 Å². The zero-order valence-corrected chi connectivity index (χ0v) is 39.4. The average molecular weight is 929 g/mol. The van der Waals surface area contributed by atoms with Crippen molar-refractivity contribution in [1.29, 1.82) is 0 Å². The molecule has 0 spiro atoms. The molecule has 0 aliphatic carbocycles. The van der Waals surface area contributed by atoms with Crippen LogP contribution in [0.5, 0.6) is 0 Å². The van der Waals surface area contributed by atoms with E-state index >= 15 is 0 Å². The summed E-state index contributed by atoms with van der Waals surface area (Å²) in [4.78, 5) is 48.2. The number of β-amino-alcohol motifs (C(OH)–C–C–N with tert-alkyl or cyclic N) is 1. The van der Waals surface area contributed by atoms with Gasteiger partial charge < -0.3 is 31.1 Å². The number of nitrogens with one attached hydrogen (secondary N) is 3. The van der Waals surface area contributed by atoms with Gasteiger partial charge >= 0.3 is 0 Å². The Hall–Kier alpha value is -5.89. The van der Waals surface area contributed by atoms with Crippen LogP contribution < -0.4 is 16.0 Å². The van der Waals surface area contributed by atoms with Crippen molar-refractivity contribution in [3.05, 3.63) is 124 Å². The first-order valence-electron chi connectivity index (χ1n) is 22.3. The van der Waals surface area contributed by atoms with Crippen LogP contribution in [0.1, 0.15) is 74.0 Å². The van der Waals surface area contributed by atoms with E-state index in [1.54, 1.807) is 39.9 Å². The SMILES string of the molecule is Cc1ccc(S(=O)(=O)N2CC[C@@H]3[C@H](CO)Nc4ccc(-c5cccc(C#CCC(=O)N[C@H](C(=O)N6C[C@H](O)C[C@H]6C(=O)NCc6ccc(-c7scnc7C)cc6)C(C)(C)C)c5)cc4[C@@H]32)cc1. The molecule has 6 atom stereocenters. The van der Waals surface area contributed by atoms with Crippen LogP contribution in [0.15, 0.2) is 101 Å². The van der Waals surface area contributed by atoms with Gasteiger partial charge in [0, 0.05) is 43.2 Å². The second-order valence-corrected chi connectivity index (χ2v) is 21.3. The molecule has 5 aromatic rings. The number of rotatable bonds is 11. The fraction of sp³-hybridized carbons (Fsp3) is 0.373. The number of aliphatic hydroxyl groups excluding tert-OH is 2. The third-order valence-electron chi connectivity index (χ3n) is 12.8. The lowest BCUT2D eigenvalue weighted by Crippen LogP contribution is -2.57. The van der Waals surface area contributed by atoms with Gasteiger partial charge in [0.1, 0.15) is 12.1 Å². The fourth-order valence-electron chi connectivity index (χ4n) is 9.31. The van der Waals surface area contributed by atoms with E-state index in [9.17, 15) is 33.0 Å². The van der Waals surface area contributed by atoms with Crippen LogP contribution in [0.25, 0.3) is 21.6 Å². The fourth-order valence-corrected chi connectivity index (χ4v) is 11.8. The monoisotopic (exact) mass is 928 g/mol. The lowest BCUT2D eigenvalue weighted by Gasteiger charge is -2.39.